The first kappa shape index (κ1) is 17.9. The number of phenols is 2. The molecule has 2 bridgehead atoms. The Labute approximate surface area is 156 Å². The summed E-state index contributed by atoms with van der Waals surface area (Å²) in [5.74, 6) is 1.61. The van der Waals surface area contributed by atoms with E-state index in [1.807, 2.05) is 12.1 Å². The van der Waals surface area contributed by atoms with Gasteiger partial charge >= 0.3 is 0 Å². The molecule has 0 aliphatic heterocycles. The van der Waals surface area contributed by atoms with Crippen molar-refractivity contribution in [1.82, 2.24) is 0 Å². The summed E-state index contributed by atoms with van der Waals surface area (Å²) < 4.78 is 0. The van der Waals surface area contributed by atoms with Crippen LogP contribution in [0.15, 0.2) is 12.1 Å². The monoisotopic (exact) mass is 356 g/mol. The van der Waals surface area contributed by atoms with Gasteiger partial charge in [-0.1, -0.05) is 46.0 Å². The Kier molecular flexibility index (Phi) is 4.53. The number of rotatable bonds is 2. The fraction of sp³-hybridized carbons (Fsp3) is 0.696. The molecule has 0 aromatic heterocycles. The molecule has 3 nitrogen and oxygen atoms in total. The third-order valence-corrected chi connectivity index (χ3v) is 7.74. The van der Waals surface area contributed by atoms with Crippen molar-refractivity contribution in [3.8, 4) is 11.5 Å². The van der Waals surface area contributed by atoms with Crippen LogP contribution >= 0.6 is 0 Å². The molecule has 3 heteroatoms. The molecule has 2 N–H and O–H groups in total. The standard InChI is InChI=1S/C23H32O3/c1-23(2)17-13-18(23)19(24)12-16(17)22-20(25)10-15(11-21(22)26)14-8-6-4-3-5-7-9-14/h10-11,14,16-18,25-26H,3-9,12-13H2,1-2H3. The summed E-state index contributed by atoms with van der Waals surface area (Å²) >= 11 is 0. The molecule has 3 unspecified atom stereocenters. The SMILES string of the molecule is CC1(C)C2CC1C(c1c(O)cc(C3CCCCCCC3)cc1O)CC2=O. The van der Waals surface area contributed by atoms with Crippen molar-refractivity contribution in [3.63, 3.8) is 0 Å². The normalized spacial score (nSPS) is 31.8. The van der Waals surface area contributed by atoms with E-state index in [1.54, 1.807) is 0 Å². The molecule has 0 spiro atoms. The minimum Gasteiger partial charge on any atom is -0.508 e. The van der Waals surface area contributed by atoms with Gasteiger partial charge < -0.3 is 10.2 Å². The fourth-order valence-corrected chi connectivity index (χ4v) is 6.04. The van der Waals surface area contributed by atoms with E-state index in [9.17, 15) is 15.0 Å². The van der Waals surface area contributed by atoms with Crippen LogP contribution in [0.3, 0.4) is 0 Å². The third kappa shape index (κ3) is 2.84. The molecule has 142 valence electrons. The first-order valence-electron chi connectivity index (χ1n) is 10.5. The number of carbonyl (C=O) groups is 1. The van der Waals surface area contributed by atoms with Crippen molar-refractivity contribution in [2.75, 3.05) is 0 Å². The van der Waals surface area contributed by atoms with Gasteiger partial charge in [0, 0.05) is 23.8 Å². The lowest BCUT2D eigenvalue weighted by atomic mass is 9.44. The lowest BCUT2D eigenvalue weighted by Crippen LogP contribution is -2.56. The second-order valence-corrected chi connectivity index (χ2v) is 9.51. The van der Waals surface area contributed by atoms with E-state index in [0.717, 1.165) is 24.8 Å². The number of Topliss-reactive ketones (excluding diaryl/α,β-unsaturated/α-hetero) is 1. The van der Waals surface area contributed by atoms with Gasteiger partial charge in [0.1, 0.15) is 17.3 Å². The summed E-state index contributed by atoms with van der Waals surface area (Å²) in [7, 11) is 0. The molecule has 4 saturated carbocycles. The minimum absolute atomic E-state index is 0.0168. The van der Waals surface area contributed by atoms with Crippen molar-refractivity contribution in [1.29, 1.82) is 0 Å². The summed E-state index contributed by atoms with van der Waals surface area (Å²) in [5.41, 5.74) is 1.67. The minimum atomic E-state index is -0.0473. The molecule has 5 rings (SSSR count). The number of fused-ring (bicyclic) bond motifs is 2. The van der Waals surface area contributed by atoms with Crippen molar-refractivity contribution in [2.24, 2.45) is 17.3 Å². The van der Waals surface area contributed by atoms with E-state index in [0.29, 0.717) is 29.6 Å². The summed E-state index contributed by atoms with van der Waals surface area (Å²) in [5, 5.41) is 21.6. The zero-order valence-corrected chi connectivity index (χ0v) is 16.1. The van der Waals surface area contributed by atoms with Gasteiger partial charge in [0.05, 0.1) is 0 Å². The number of benzene rings is 1. The zero-order valence-electron chi connectivity index (χ0n) is 16.1. The topological polar surface area (TPSA) is 57.5 Å². The lowest BCUT2D eigenvalue weighted by molar-refractivity contribution is -0.151. The van der Waals surface area contributed by atoms with Crippen molar-refractivity contribution < 1.29 is 15.0 Å². The number of aromatic hydroxyl groups is 2. The maximum atomic E-state index is 12.5. The number of carbonyl (C=O) groups excluding carboxylic acids is 1. The van der Waals surface area contributed by atoms with E-state index in [1.165, 1.54) is 32.1 Å². The molecule has 26 heavy (non-hydrogen) atoms. The van der Waals surface area contributed by atoms with E-state index < -0.39 is 0 Å². The first-order valence-corrected chi connectivity index (χ1v) is 10.5. The van der Waals surface area contributed by atoms with Crippen LogP contribution in [0.2, 0.25) is 0 Å². The average Bonchev–Trinajstić information content (AvgIpc) is 2.52. The number of hydrogen-bond acceptors (Lipinski definition) is 3. The fourth-order valence-electron chi connectivity index (χ4n) is 6.04. The van der Waals surface area contributed by atoms with Crippen LogP contribution in [0, 0.1) is 17.3 Å². The largest absolute Gasteiger partial charge is 0.508 e. The zero-order chi connectivity index (χ0) is 18.5. The van der Waals surface area contributed by atoms with Crippen molar-refractivity contribution in [3.05, 3.63) is 23.3 Å². The third-order valence-electron chi connectivity index (χ3n) is 7.74. The molecule has 0 saturated heterocycles. The summed E-state index contributed by atoms with van der Waals surface area (Å²) in [6.07, 6.45) is 9.99. The Morgan fingerprint density at radius 2 is 1.54 bits per heavy atom. The van der Waals surface area contributed by atoms with Gasteiger partial charge in [0.25, 0.3) is 0 Å². The second kappa shape index (κ2) is 6.58. The van der Waals surface area contributed by atoms with Crippen LogP contribution in [-0.4, -0.2) is 16.0 Å². The summed E-state index contributed by atoms with van der Waals surface area (Å²) in [6.45, 7) is 4.32. The van der Waals surface area contributed by atoms with Crippen LogP contribution in [0.4, 0.5) is 0 Å². The summed E-state index contributed by atoms with van der Waals surface area (Å²) in [4.78, 5) is 12.5. The van der Waals surface area contributed by atoms with Crippen LogP contribution < -0.4 is 0 Å². The predicted octanol–water partition coefficient (Wildman–Crippen LogP) is 5.64. The molecular formula is C23H32O3. The smallest absolute Gasteiger partial charge is 0.137 e. The maximum Gasteiger partial charge on any atom is 0.137 e. The Morgan fingerprint density at radius 1 is 0.962 bits per heavy atom. The van der Waals surface area contributed by atoms with Crippen LogP contribution in [-0.2, 0) is 4.79 Å². The van der Waals surface area contributed by atoms with Crippen molar-refractivity contribution >= 4 is 5.78 Å². The molecule has 4 aliphatic carbocycles. The Hall–Kier alpha value is -1.51. The molecule has 4 fully saturated rings. The molecule has 3 atom stereocenters. The average molecular weight is 357 g/mol. The maximum absolute atomic E-state index is 12.5. The van der Waals surface area contributed by atoms with Gasteiger partial charge in [0.15, 0.2) is 0 Å². The van der Waals surface area contributed by atoms with Gasteiger partial charge in [-0.25, -0.2) is 0 Å². The van der Waals surface area contributed by atoms with Crippen LogP contribution in [0.5, 0.6) is 11.5 Å². The lowest BCUT2D eigenvalue weighted by Gasteiger charge is -2.59. The Bertz CT molecular complexity index is 674. The number of ketones is 1. The van der Waals surface area contributed by atoms with E-state index in [-0.39, 0.29) is 28.7 Å². The van der Waals surface area contributed by atoms with Crippen LogP contribution in [0.1, 0.15) is 94.6 Å². The molecular weight excluding hydrogens is 324 g/mol. The Balaban J connectivity index is 1.63. The van der Waals surface area contributed by atoms with E-state index in [2.05, 4.69) is 13.8 Å². The molecule has 1 aromatic carbocycles. The van der Waals surface area contributed by atoms with Crippen molar-refractivity contribution in [2.45, 2.75) is 83.5 Å². The highest BCUT2D eigenvalue weighted by Crippen LogP contribution is 2.64. The van der Waals surface area contributed by atoms with E-state index >= 15 is 0 Å². The second-order valence-electron chi connectivity index (χ2n) is 9.51. The Morgan fingerprint density at radius 3 is 2.08 bits per heavy atom. The van der Waals surface area contributed by atoms with Gasteiger partial charge in [-0.05, 0) is 54.2 Å². The molecule has 0 amide bonds. The van der Waals surface area contributed by atoms with E-state index in [4.69, 9.17) is 0 Å². The predicted molar refractivity (Wildman–Crippen MR) is 103 cm³/mol. The first-order chi connectivity index (χ1) is 12.4. The molecule has 0 heterocycles. The van der Waals surface area contributed by atoms with Gasteiger partial charge in [-0.3, -0.25) is 4.79 Å². The highest BCUT2D eigenvalue weighted by atomic mass is 16.3. The highest BCUT2D eigenvalue weighted by molar-refractivity contribution is 5.86. The van der Waals surface area contributed by atoms with Gasteiger partial charge in [-0.15, -0.1) is 0 Å². The quantitative estimate of drug-likeness (QED) is 0.720. The highest BCUT2D eigenvalue weighted by Gasteiger charge is 2.59. The van der Waals surface area contributed by atoms with Crippen LogP contribution in [0.25, 0.3) is 0 Å². The molecule has 4 aliphatic rings. The number of phenolic OH excluding ortho intramolecular Hbond substituents is 2. The molecule has 1 aromatic rings. The molecule has 0 radical (unpaired) electrons. The summed E-state index contributed by atoms with van der Waals surface area (Å²) in [6, 6.07) is 3.76. The number of hydrogen-bond donors (Lipinski definition) is 2. The van der Waals surface area contributed by atoms with Gasteiger partial charge in [-0.2, -0.15) is 0 Å². The van der Waals surface area contributed by atoms with Gasteiger partial charge in [0.2, 0.25) is 0 Å².